The maximum atomic E-state index is 12.2. The molecular formula is C23H23N3O2. The van der Waals surface area contributed by atoms with E-state index < -0.39 is 0 Å². The number of amides is 1. The van der Waals surface area contributed by atoms with Gasteiger partial charge >= 0.3 is 6.09 Å². The van der Waals surface area contributed by atoms with Crippen LogP contribution in [-0.2, 0) is 24.4 Å². The van der Waals surface area contributed by atoms with Crippen molar-refractivity contribution < 1.29 is 9.53 Å². The predicted octanol–water partition coefficient (Wildman–Crippen LogP) is 4.06. The van der Waals surface area contributed by atoms with Gasteiger partial charge in [-0.1, -0.05) is 60.7 Å². The first-order valence-corrected chi connectivity index (χ1v) is 9.47. The quantitative estimate of drug-likeness (QED) is 0.678. The van der Waals surface area contributed by atoms with Gasteiger partial charge in [0, 0.05) is 25.8 Å². The topological polar surface area (TPSA) is 54.5 Å². The SMILES string of the molecule is O=C1O[C@H](c2ccccc2)CN1Cc1ccc(CNCc2ccccn2)cc1. The molecule has 1 N–H and O–H groups in total. The standard InChI is InChI=1S/C23H23N3O2/c27-23-26(17-22(28-23)20-6-2-1-3-7-20)16-19-11-9-18(10-12-19)14-24-15-21-8-4-5-13-25-21/h1-13,22,24H,14-17H2/t22-/m0/s1. The van der Waals surface area contributed by atoms with Crippen LogP contribution in [0.1, 0.15) is 28.5 Å². The van der Waals surface area contributed by atoms with E-state index in [1.807, 2.05) is 48.5 Å². The van der Waals surface area contributed by atoms with Crippen molar-refractivity contribution in [3.05, 3.63) is 101 Å². The summed E-state index contributed by atoms with van der Waals surface area (Å²) < 4.78 is 5.52. The van der Waals surface area contributed by atoms with E-state index in [1.165, 1.54) is 5.56 Å². The zero-order valence-corrected chi connectivity index (χ0v) is 15.6. The molecule has 0 unspecified atom stereocenters. The molecule has 0 aliphatic carbocycles. The molecular weight excluding hydrogens is 350 g/mol. The molecule has 1 aliphatic rings. The van der Waals surface area contributed by atoms with E-state index in [9.17, 15) is 4.79 Å². The second-order valence-electron chi connectivity index (χ2n) is 6.90. The number of carbonyl (C=O) groups is 1. The average Bonchev–Trinajstić information content (AvgIpc) is 3.11. The van der Waals surface area contributed by atoms with Crippen LogP contribution in [-0.4, -0.2) is 22.5 Å². The molecule has 0 bridgehead atoms. The Morgan fingerprint density at radius 3 is 2.43 bits per heavy atom. The summed E-state index contributed by atoms with van der Waals surface area (Å²) in [5, 5.41) is 3.39. The van der Waals surface area contributed by atoms with Crippen LogP contribution in [0.15, 0.2) is 79.0 Å². The van der Waals surface area contributed by atoms with Gasteiger partial charge in [-0.15, -0.1) is 0 Å². The van der Waals surface area contributed by atoms with Crippen molar-refractivity contribution in [3.8, 4) is 0 Å². The second kappa shape index (κ2) is 8.67. The Morgan fingerprint density at radius 2 is 1.68 bits per heavy atom. The van der Waals surface area contributed by atoms with Gasteiger partial charge in [0.2, 0.25) is 0 Å². The van der Waals surface area contributed by atoms with Crippen LogP contribution < -0.4 is 5.32 Å². The van der Waals surface area contributed by atoms with Crippen molar-refractivity contribution in [2.75, 3.05) is 6.54 Å². The number of aromatic nitrogens is 1. The highest BCUT2D eigenvalue weighted by Crippen LogP contribution is 2.27. The van der Waals surface area contributed by atoms with Gasteiger partial charge in [0.15, 0.2) is 0 Å². The number of ether oxygens (including phenoxy) is 1. The number of hydrogen-bond donors (Lipinski definition) is 1. The van der Waals surface area contributed by atoms with Gasteiger partial charge < -0.3 is 10.1 Å². The van der Waals surface area contributed by atoms with E-state index in [0.29, 0.717) is 13.1 Å². The van der Waals surface area contributed by atoms with Crippen LogP contribution in [0.3, 0.4) is 0 Å². The highest BCUT2D eigenvalue weighted by molar-refractivity contribution is 5.70. The van der Waals surface area contributed by atoms with Crippen LogP contribution in [0.2, 0.25) is 0 Å². The molecule has 0 radical (unpaired) electrons. The number of benzene rings is 2. The van der Waals surface area contributed by atoms with Gasteiger partial charge in [-0.2, -0.15) is 0 Å². The van der Waals surface area contributed by atoms with Crippen LogP contribution in [0.4, 0.5) is 4.79 Å². The van der Waals surface area contributed by atoms with Crippen molar-refractivity contribution >= 4 is 6.09 Å². The number of cyclic esters (lactones) is 1. The maximum absolute atomic E-state index is 12.2. The van der Waals surface area contributed by atoms with E-state index in [-0.39, 0.29) is 12.2 Å². The summed E-state index contributed by atoms with van der Waals surface area (Å²) >= 11 is 0. The van der Waals surface area contributed by atoms with Gasteiger partial charge in [0.25, 0.3) is 0 Å². The third kappa shape index (κ3) is 4.56. The molecule has 1 saturated heterocycles. The molecule has 0 saturated carbocycles. The number of pyridine rings is 1. The Labute approximate surface area is 165 Å². The molecule has 0 spiro atoms. The summed E-state index contributed by atoms with van der Waals surface area (Å²) in [4.78, 5) is 18.3. The minimum Gasteiger partial charge on any atom is -0.439 e. The van der Waals surface area contributed by atoms with Gasteiger partial charge in [0.1, 0.15) is 6.10 Å². The highest BCUT2D eigenvalue weighted by Gasteiger charge is 2.32. The molecule has 1 fully saturated rings. The summed E-state index contributed by atoms with van der Waals surface area (Å²) in [6.45, 7) is 2.65. The van der Waals surface area contributed by atoms with Crippen molar-refractivity contribution in [1.29, 1.82) is 0 Å². The Balaban J connectivity index is 1.29. The first-order chi connectivity index (χ1) is 13.8. The normalized spacial score (nSPS) is 16.2. The van der Waals surface area contributed by atoms with Gasteiger partial charge in [-0.25, -0.2) is 4.79 Å². The summed E-state index contributed by atoms with van der Waals surface area (Å²) in [5.41, 5.74) is 4.36. The largest absolute Gasteiger partial charge is 0.439 e. The lowest BCUT2D eigenvalue weighted by Gasteiger charge is -2.13. The molecule has 3 aromatic rings. The Bertz CT molecular complexity index is 898. The first-order valence-electron chi connectivity index (χ1n) is 9.47. The molecule has 1 atom stereocenters. The zero-order chi connectivity index (χ0) is 19.2. The van der Waals surface area contributed by atoms with Crippen LogP contribution in [0.5, 0.6) is 0 Å². The third-order valence-corrected chi connectivity index (χ3v) is 4.82. The van der Waals surface area contributed by atoms with Crippen molar-refractivity contribution in [3.63, 3.8) is 0 Å². The fourth-order valence-electron chi connectivity index (χ4n) is 3.30. The molecule has 1 amide bonds. The van der Waals surface area contributed by atoms with Crippen molar-refractivity contribution in [1.82, 2.24) is 15.2 Å². The summed E-state index contributed by atoms with van der Waals surface area (Å²) in [7, 11) is 0. The van der Waals surface area contributed by atoms with E-state index in [1.54, 1.807) is 11.1 Å². The lowest BCUT2D eigenvalue weighted by Crippen LogP contribution is -2.23. The van der Waals surface area contributed by atoms with Gasteiger partial charge in [-0.3, -0.25) is 9.88 Å². The second-order valence-corrected chi connectivity index (χ2v) is 6.90. The smallest absolute Gasteiger partial charge is 0.410 e. The predicted molar refractivity (Wildman–Crippen MR) is 107 cm³/mol. The fraction of sp³-hybridized carbons (Fsp3) is 0.217. The Hall–Kier alpha value is -3.18. The van der Waals surface area contributed by atoms with Crippen molar-refractivity contribution in [2.45, 2.75) is 25.7 Å². The minimum atomic E-state index is -0.255. The zero-order valence-electron chi connectivity index (χ0n) is 15.6. The molecule has 2 heterocycles. The number of nitrogens with one attached hydrogen (secondary N) is 1. The molecule has 28 heavy (non-hydrogen) atoms. The van der Waals surface area contributed by atoms with E-state index in [4.69, 9.17) is 4.74 Å². The maximum Gasteiger partial charge on any atom is 0.410 e. The third-order valence-electron chi connectivity index (χ3n) is 4.82. The summed E-state index contributed by atoms with van der Waals surface area (Å²) in [5.74, 6) is 0. The number of hydrogen-bond acceptors (Lipinski definition) is 4. The van der Waals surface area contributed by atoms with Crippen LogP contribution in [0.25, 0.3) is 0 Å². The molecule has 5 nitrogen and oxygen atoms in total. The van der Waals surface area contributed by atoms with E-state index in [0.717, 1.165) is 29.9 Å². The molecule has 2 aromatic carbocycles. The first kappa shape index (κ1) is 18.2. The van der Waals surface area contributed by atoms with Gasteiger partial charge in [0.05, 0.1) is 12.2 Å². The molecule has 142 valence electrons. The lowest BCUT2D eigenvalue weighted by atomic mass is 10.1. The summed E-state index contributed by atoms with van der Waals surface area (Å²) in [6.07, 6.45) is 1.36. The lowest BCUT2D eigenvalue weighted by molar-refractivity contribution is 0.132. The summed E-state index contributed by atoms with van der Waals surface area (Å²) in [6, 6.07) is 24.1. The molecule has 5 heteroatoms. The van der Waals surface area contributed by atoms with E-state index in [2.05, 4.69) is 34.6 Å². The average molecular weight is 373 g/mol. The highest BCUT2D eigenvalue weighted by atomic mass is 16.6. The monoisotopic (exact) mass is 373 g/mol. The Morgan fingerprint density at radius 1 is 0.929 bits per heavy atom. The fourth-order valence-corrected chi connectivity index (χ4v) is 3.30. The molecule has 4 rings (SSSR count). The Kier molecular flexibility index (Phi) is 5.64. The van der Waals surface area contributed by atoms with Crippen molar-refractivity contribution in [2.24, 2.45) is 0 Å². The van der Waals surface area contributed by atoms with Crippen LogP contribution in [0, 0.1) is 0 Å². The molecule has 1 aliphatic heterocycles. The van der Waals surface area contributed by atoms with E-state index >= 15 is 0 Å². The number of nitrogens with zero attached hydrogens (tertiary/aromatic N) is 2. The number of rotatable bonds is 7. The van der Waals surface area contributed by atoms with Gasteiger partial charge in [-0.05, 0) is 28.8 Å². The molecule has 1 aromatic heterocycles. The van der Waals surface area contributed by atoms with Crippen LogP contribution >= 0.6 is 0 Å². The minimum absolute atomic E-state index is 0.191. The number of carbonyl (C=O) groups excluding carboxylic acids is 1.